The first kappa shape index (κ1) is 20.0. The summed E-state index contributed by atoms with van der Waals surface area (Å²) in [6.45, 7) is 9.26. The first-order valence-electron chi connectivity index (χ1n) is 9.69. The van der Waals surface area contributed by atoms with Gasteiger partial charge in [0.15, 0.2) is 0 Å². The number of aromatic nitrogens is 2. The first-order valence-corrected chi connectivity index (χ1v) is 9.69. The van der Waals surface area contributed by atoms with E-state index in [4.69, 9.17) is 4.74 Å². The maximum Gasteiger partial charge on any atom is 0.226 e. The molecule has 7 heteroatoms. The van der Waals surface area contributed by atoms with Crippen molar-refractivity contribution in [2.24, 2.45) is 0 Å². The molecule has 1 fully saturated rings. The number of hydrogen-bond acceptors (Lipinski definition) is 5. The highest BCUT2D eigenvalue weighted by atomic mass is 19.1. The van der Waals surface area contributed by atoms with Crippen LogP contribution >= 0.6 is 0 Å². The predicted octanol–water partition coefficient (Wildman–Crippen LogP) is 3.17. The summed E-state index contributed by atoms with van der Waals surface area (Å²) in [7, 11) is 0. The molecule has 0 bridgehead atoms. The van der Waals surface area contributed by atoms with E-state index in [0.717, 1.165) is 30.4 Å². The summed E-state index contributed by atoms with van der Waals surface area (Å²) in [4.78, 5) is 25.7. The van der Waals surface area contributed by atoms with Gasteiger partial charge in [0.05, 0.1) is 13.0 Å². The van der Waals surface area contributed by atoms with Gasteiger partial charge in [-0.25, -0.2) is 14.4 Å². The van der Waals surface area contributed by atoms with Crippen molar-refractivity contribution in [2.75, 3.05) is 37.7 Å². The van der Waals surface area contributed by atoms with Crippen molar-refractivity contribution < 1.29 is 13.9 Å². The van der Waals surface area contributed by atoms with Crippen molar-refractivity contribution in [1.29, 1.82) is 0 Å². The minimum atomic E-state index is -0.305. The second-order valence-electron chi connectivity index (χ2n) is 7.30. The third kappa shape index (κ3) is 5.18. The maximum absolute atomic E-state index is 12.9. The molecule has 0 N–H and O–H groups in total. The number of rotatable bonds is 6. The molecule has 1 aromatic carbocycles. The van der Waals surface area contributed by atoms with Crippen LogP contribution in [0.2, 0.25) is 0 Å². The van der Waals surface area contributed by atoms with Crippen molar-refractivity contribution in [1.82, 2.24) is 14.9 Å². The van der Waals surface area contributed by atoms with Crippen LogP contribution in [0.5, 0.6) is 5.75 Å². The minimum absolute atomic E-state index is 0.0727. The minimum Gasteiger partial charge on any atom is -0.493 e. The van der Waals surface area contributed by atoms with Crippen molar-refractivity contribution in [3.8, 4) is 5.75 Å². The van der Waals surface area contributed by atoms with Gasteiger partial charge in [-0.2, -0.15) is 0 Å². The van der Waals surface area contributed by atoms with Crippen molar-refractivity contribution >= 4 is 11.7 Å². The van der Waals surface area contributed by atoms with Gasteiger partial charge < -0.3 is 14.5 Å². The molecule has 1 saturated heterocycles. The Morgan fingerprint density at radius 1 is 1.14 bits per heavy atom. The van der Waals surface area contributed by atoms with Crippen LogP contribution in [0.3, 0.4) is 0 Å². The van der Waals surface area contributed by atoms with E-state index < -0.39 is 0 Å². The second-order valence-corrected chi connectivity index (χ2v) is 7.30. The molecule has 0 saturated carbocycles. The monoisotopic (exact) mass is 386 g/mol. The molecule has 3 rings (SSSR count). The number of carbonyl (C=O) groups excluding carboxylic acids is 1. The maximum atomic E-state index is 12.9. The fourth-order valence-corrected chi connectivity index (χ4v) is 3.12. The van der Waals surface area contributed by atoms with Gasteiger partial charge in [0.1, 0.15) is 23.2 Å². The largest absolute Gasteiger partial charge is 0.493 e. The molecule has 150 valence electrons. The number of hydrogen-bond donors (Lipinski definition) is 0. The Balaban J connectivity index is 1.48. The molecule has 0 unspecified atom stereocenters. The molecule has 0 radical (unpaired) electrons. The topological polar surface area (TPSA) is 58.6 Å². The molecule has 6 nitrogen and oxygen atoms in total. The molecule has 1 amide bonds. The quantitative estimate of drug-likeness (QED) is 0.763. The Morgan fingerprint density at radius 3 is 2.46 bits per heavy atom. The Bertz CT molecular complexity index is 803. The molecule has 0 atom stereocenters. The number of ether oxygens (including phenoxy) is 1. The van der Waals surface area contributed by atoms with E-state index in [2.05, 4.69) is 28.7 Å². The molecule has 0 aliphatic carbocycles. The Hall–Kier alpha value is -2.70. The molecule has 1 aliphatic heterocycles. The van der Waals surface area contributed by atoms with Crippen LogP contribution in [0, 0.1) is 12.7 Å². The zero-order valence-electron chi connectivity index (χ0n) is 16.7. The highest BCUT2D eigenvalue weighted by molar-refractivity contribution is 5.76. The number of benzene rings is 1. The number of nitrogens with zero attached hydrogens (tertiary/aromatic N) is 4. The molecule has 2 aromatic rings. The van der Waals surface area contributed by atoms with Gasteiger partial charge in [0.25, 0.3) is 0 Å². The van der Waals surface area contributed by atoms with Crippen LogP contribution in [0.15, 0.2) is 30.3 Å². The fraction of sp³-hybridized carbons (Fsp3) is 0.476. The van der Waals surface area contributed by atoms with Crippen LogP contribution in [0.1, 0.15) is 37.7 Å². The summed E-state index contributed by atoms with van der Waals surface area (Å²) >= 11 is 0. The van der Waals surface area contributed by atoms with Crippen LogP contribution in [0.4, 0.5) is 10.2 Å². The van der Waals surface area contributed by atoms with Gasteiger partial charge in [-0.05, 0) is 31.2 Å². The zero-order valence-corrected chi connectivity index (χ0v) is 16.7. The Labute approximate surface area is 165 Å². The number of anilines is 1. The summed E-state index contributed by atoms with van der Waals surface area (Å²) in [6.07, 6.45) is 0.307. The van der Waals surface area contributed by atoms with Gasteiger partial charge in [0, 0.05) is 43.9 Å². The standard InChI is InChI=1S/C21H27FN4O2/c1-15(2)21-23-16(3)14-19(24-21)25-9-11-26(12-10-25)20(27)8-13-28-18-6-4-17(22)5-7-18/h4-7,14-15H,8-13H2,1-3H3. The van der Waals surface area contributed by atoms with Gasteiger partial charge in [-0.15, -0.1) is 0 Å². The van der Waals surface area contributed by atoms with Crippen LogP contribution < -0.4 is 9.64 Å². The summed E-state index contributed by atoms with van der Waals surface area (Å²) in [6, 6.07) is 7.81. The summed E-state index contributed by atoms with van der Waals surface area (Å²) in [5.74, 6) is 2.40. The van der Waals surface area contributed by atoms with Crippen LogP contribution in [0.25, 0.3) is 0 Å². The van der Waals surface area contributed by atoms with E-state index in [1.54, 1.807) is 12.1 Å². The molecule has 2 heterocycles. The molecule has 0 spiro atoms. The highest BCUT2D eigenvalue weighted by Crippen LogP contribution is 2.19. The average Bonchev–Trinajstić information content (AvgIpc) is 2.69. The lowest BCUT2D eigenvalue weighted by Gasteiger charge is -2.35. The first-order chi connectivity index (χ1) is 13.4. The van der Waals surface area contributed by atoms with Gasteiger partial charge >= 0.3 is 0 Å². The van der Waals surface area contributed by atoms with Crippen LogP contribution in [-0.2, 0) is 4.79 Å². The van der Waals surface area contributed by atoms with E-state index in [1.165, 1.54) is 12.1 Å². The second kappa shape index (κ2) is 8.99. The SMILES string of the molecule is Cc1cc(N2CCN(C(=O)CCOc3ccc(F)cc3)CC2)nc(C(C)C)n1. The molecular formula is C21H27FN4O2. The van der Waals surface area contributed by atoms with Gasteiger partial charge in [-0.3, -0.25) is 4.79 Å². The lowest BCUT2D eigenvalue weighted by atomic mass is 10.2. The Morgan fingerprint density at radius 2 is 1.82 bits per heavy atom. The van der Waals surface area contributed by atoms with Crippen LogP contribution in [-0.4, -0.2) is 53.6 Å². The summed E-state index contributed by atoms with van der Waals surface area (Å²) in [5, 5.41) is 0. The third-order valence-corrected chi connectivity index (χ3v) is 4.73. The van der Waals surface area contributed by atoms with Gasteiger partial charge in [0.2, 0.25) is 5.91 Å². The van der Waals surface area contributed by atoms with Crippen molar-refractivity contribution in [2.45, 2.75) is 33.1 Å². The zero-order chi connectivity index (χ0) is 20.1. The number of carbonyl (C=O) groups is 1. The molecule has 1 aliphatic rings. The molecule has 28 heavy (non-hydrogen) atoms. The number of amides is 1. The number of piperazine rings is 1. The van der Waals surface area contributed by atoms with Gasteiger partial charge in [-0.1, -0.05) is 13.8 Å². The van der Waals surface area contributed by atoms with E-state index in [0.29, 0.717) is 25.3 Å². The average molecular weight is 386 g/mol. The number of aryl methyl sites for hydroxylation is 1. The lowest BCUT2D eigenvalue weighted by Crippen LogP contribution is -2.49. The summed E-state index contributed by atoms with van der Waals surface area (Å²) < 4.78 is 18.4. The van der Waals surface area contributed by atoms with Crippen molar-refractivity contribution in [3.05, 3.63) is 47.7 Å². The van der Waals surface area contributed by atoms with Crippen molar-refractivity contribution in [3.63, 3.8) is 0 Å². The summed E-state index contributed by atoms with van der Waals surface area (Å²) in [5.41, 5.74) is 0.963. The highest BCUT2D eigenvalue weighted by Gasteiger charge is 2.22. The molecular weight excluding hydrogens is 359 g/mol. The van der Waals surface area contributed by atoms with E-state index >= 15 is 0 Å². The lowest BCUT2D eigenvalue weighted by molar-refractivity contribution is -0.132. The van der Waals surface area contributed by atoms with E-state index in [-0.39, 0.29) is 24.2 Å². The third-order valence-electron chi connectivity index (χ3n) is 4.73. The van der Waals surface area contributed by atoms with E-state index in [9.17, 15) is 9.18 Å². The smallest absolute Gasteiger partial charge is 0.226 e. The Kier molecular flexibility index (Phi) is 6.44. The molecule has 1 aromatic heterocycles. The fourth-order valence-electron chi connectivity index (χ4n) is 3.12. The predicted molar refractivity (Wildman–Crippen MR) is 106 cm³/mol. The number of halogens is 1. The normalized spacial score (nSPS) is 14.5. The van der Waals surface area contributed by atoms with E-state index in [1.807, 2.05) is 17.9 Å².